The number of amides is 1. The van der Waals surface area contributed by atoms with Gasteiger partial charge in [0.05, 0.1) is 36.4 Å². The molecular weight excluding hydrogens is 402 g/mol. The van der Waals surface area contributed by atoms with Crippen molar-refractivity contribution in [2.45, 2.75) is 62.5 Å². The Morgan fingerprint density at radius 1 is 1.16 bits per heavy atom. The lowest BCUT2D eigenvalue weighted by molar-refractivity contribution is -0.141. The fourth-order valence-corrected chi connectivity index (χ4v) is 6.49. The van der Waals surface area contributed by atoms with Crippen LogP contribution in [0.3, 0.4) is 0 Å². The summed E-state index contributed by atoms with van der Waals surface area (Å²) >= 11 is 0. The minimum Gasteiger partial charge on any atom is -0.497 e. The summed E-state index contributed by atoms with van der Waals surface area (Å²) in [7, 11) is 1.71. The average molecular weight is 436 g/mol. The SMILES string of the molecule is COc1ccc2c(c1)N[C@]1(COC3(CCN(C(=O)C4CCCCC4)CC3)C1)c1cccn1-2. The molecule has 1 aromatic heterocycles. The summed E-state index contributed by atoms with van der Waals surface area (Å²) in [5.41, 5.74) is 3.07. The van der Waals surface area contributed by atoms with Crippen molar-refractivity contribution in [1.82, 2.24) is 9.47 Å². The molecule has 4 aliphatic rings. The number of carbonyl (C=O) groups is 1. The lowest BCUT2D eigenvalue weighted by Gasteiger charge is -2.42. The van der Waals surface area contributed by atoms with Gasteiger partial charge in [0.1, 0.15) is 11.3 Å². The van der Waals surface area contributed by atoms with E-state index in [9.17, 15) is 4.79 Å². The number of methoxy groups -OCH3 is 1. The topological polar surface area (TPSA) is 55.7 Å². The third kappa shape index (κ3) is 3.14. The Labute approximate surface area is 189 Å². The van der Waals surface area contributed by atoms with Crippen LogP contribution in [-0.2, 0) is 15.1 Å². The van der Waals surface area contributed by atoms with E-state index in [1.807, 2.05) is 6.07 Å². The van der Waals surface area contributed by atoms with Crippen molar-refractivity contribution in [1.29, 1.82) is 0 Å². The van der Waals surface area contributed by atoms with E-state index in [-0.39, 0.29) is 17.1 Å². The maximum absolute atomic E-state index is 13.0. The fourth-order valence-electron chi connectivity index (χ4n) is 6.49. The Morgan fingerprint density at radius 2 is 1.97 bits per heavy atom. The molecule has 6 rings (SSSR count). The van der Waals surface area contributed by atoms with Gasteiger partial charge in [0.25, 0.3) is 0 Å². The molecule has 1 aliphatic carbocycles. The normalized spacial score (nSPS) is 26.6. The highest BCUT2D eigenvalue weighted by Crippen LogP contribution is 2.50. The first-order valence-electron chi connectivity index (χ1n) is 12.2. The molecule has 2 saturated heterocycles. The average Bonchev–Trinajstić information content (AvgIpc) is 3.46. The molecule has 32 heavy (non-hydrogen) atoms. The largest absolute Gasteiger partial charge is 0.497 e. The van der Waals surface area contributed by atoms with Crippen molar-refractivity contribution in [2.24, 2.45) is 5.92 Å². The number of hydrogen-bond acceptors (Lipinski definition) is 4. The van der Waals surface area contributed by atoms with E-state index >= 15 is 0 Å². The summed E-state index contributed by atoms with van der Waals surface area (Å²) in [6.07, 6.45) is 10.7. The lowest BCUT2D eigenvalue weighted by Crippen LogP contribution is -2.49. The summed E-state index contributed by atoms with van der Waals surface area (Å²) in [4.78, 5) is 15.2. The lowest BCUT2D eigenvalue weighted by atomic mass is 9.79. The Balaban J connectivity index is 1.21. The summed E-state index contributed by atoms with van der Waals surface area (Å²) in [5.74, 6) is 1.49. The van der Waals surface area contributed by atoms with E-state index in [4.69, 9.17) is 9.47 Å². The number of nitrogens with one attached hydrogen (secondary N) is 1. The first-order valence-corrected chi connectivity index (χ1v) is 12.2. The molecule has 0 radical (unpaired) electrons. The number of fused-ring (bicyclic) bond motifs is 4. The molecule has 1 amide bonds. The number of piperidine rings is 1. The fraction of sp³-hybridized carbons (Fsp3) is 0.577. The number of carbonyl (C=O) groups excluding carboxylic acids is 1. The van der Waals surface area contributed by atoms with E-state index in [1.165, 1.54) is 25.0 Å². The van der Waals surface area contributed by atoms with Crippen molar-refractivity contribution in [2.75, 3.05) is 32.1 Å². The van der Waals surface area contributed by atoms with Gasteiger partial charge in [0.15, 0.2) is 0 Å². The highest BCUT2D eigenvalue weighted by Gasteiger charge is 2.54. The second-order valence-electron chi connectivity index (χ2n) is 10.2. The summed E-state index contributed by atoms with van der Waals surface area (Å²) in [6.45, 7) is 2.28. The summed E-state index contributed by atoms with van der Waals surface area (Å²) in [5, 5.41) is 3.84. The van der Waals surface area contributed by atoms with Crippen LogP contribution in [0.5, 0.6) is 5.75 Å². The summed E-state index contributed by atoms with van der Waals surface area (Å²) < 4.78 is 14.4. The molecule has 6 nitrogen and oxygen atoms in total. The second kappa shape index (κ2) is 7.55. The monoisotopic (exact) mass is 435 g/mol. The first-order chi connectivity index (χ1) is 15.6. The molecule has 1 saturated carbocycles. The van der Waals surface area contributed by atoms with E-state index in [0.717, 1.165) is 62.3 Å². The number of nitrogens with zero attached hydrogens (tertiary/aromatic N) is 2. The van der Waals surface area contributed by atoms with Crippen molar-refractivity contribution < 1.29 is 14.3 Å². The predicted octanol–water partition coefficient (Wildman–Crippen LogP) is 4.47. The molecule has 2 aromatic rings. The third-order valence-corrected chi connectivity index (χ3v) is 8.27. The molecule has 3 aliphatic heterocycles. The Bertz CT molecular complexity index is 1020. The Morgan fingerprint density at radius 3 is 2.75 bits per heavy atom. The van der Waals surface area contributed by atoms with Crippen molar-refractivity contribution in [3.8, 4) is 11.4 Å². The number of ether oxygens (including phenoxy) is 2. The standard InChI is InChI=1S/C26H33N3O3/c1-31-20-9-10-22-21(16-20)27-26(23-8-5-13-29(22)23)17-25(32-18-26)11-14-28(15-12-25)24(30)19-6-3-2-4-7-19/h5,8-10,13,16,19,27H,2-4,6-7,11-12,14-15,17-18H2,1H3/t26-/m1/s1. The van der Waals surface area contributed by atoms with E-state index < -0.39 is 0 Å². The van der Waals surface area contributed by atoms with Crippen molar-refractivity contribution in [3.05, 3.63) is 42.2 Å². The van der Waals surface area contributed by atoms with Crippen LogP contribution in [0, 0.1) is 5.92 Å². The maximum Gasteiger partial charge on any atom is 0.225 e. The van der Waals surface area contributed by atoms with Gasteiger partial charge >= 0.3 is 0 Å². The van der Waals surface area contributed by atoms with Gasteiger partial charge < -0.3 is 24.3 Å². The molecule has 4 heterocycles. The molecule has 1 atom stereocenters. The van der Waals surface area contributed by atoms with Gasteiger partial charge in [-0.3, -0.25) is 4.79 Å². The van der Waals surface area contributed by atoms with E-state index in [1.54, 1.807) is 7.11 Å². The van der Waals surface area contributed by atoms with Crippen LogP contribution < -0.4 is 10.1 Å². The first kappa shape index (κ1) is 20.2. The van der Waals surface area contributed by atoms with Crippen molar-refractivity contribution in [3.63, 3.8) is 0 Å². The van der Waals surface area contributed by atoms with Gasteiger partial charge in [-0.15, -0.1) is 0 Å². The molecule has 2 spiro atoms. The molecule has 1 aromatic carbocycles. The number of likely N-dealkylation sites (tertiary alicyclic amines) is 1. The van der Waals surface area contributed by atoms with Gasteiger partial charge in [-0.1, -0.05) is 19.3 Å². The van der Waals surface area contributed by atoms with Crippen molar-refractivity contribution >= 4 is 11.6 Å². The van der Waals surface area contributed by atoms with Gasteiger partial charge in [-0.2, -0.15) is 0 Å². The van der Waals surface area contributed by atoms with E-state index in [2.05, 4.69) is 45.2 Å². The Kier molecular flexibility index (Phi) is 4.75. The van der Waals surface area contributed by atoms with Crippen LogP contribution in [0.1, 0.15) is 57.1 Å². The van der Waals surface area contributed by atoms with Crippen LogP contribution in [0.15, 0.2) is 36.5 Å². The predicted molar refractivity (Wildman–Crippen MR) is 123 cm³/mol. The number of hydrogen-bond donors (Lipinski definition) is 1. The molecular formula is C26H33N3O3. The quantitative estimate of drug-likeness (QED) is 0.756. The zero-order valence-corrected chi connectivity index (χ0v) is 18.9. The molecule has 0 unspecified atom stereocenters. The van der Waals surface area contributed by atoms with Crippen LogP contribution in [0.2, 0.25) is 0 Å². The minimum atomic E-state index is -0.252. The number of benzene rings is 1. The van der Waals surface area contributed by atoms with Crippen LogP contribution in [-0.4, -0.2) is 47.8 Å². The number of rotatable bonds is 2. The maximum atomic E-state index is 13.0. The molecule has 0 bridgehead atoms. The molecule has 170 valence electrons. The summed E-state index contributed by atoms with van der Waals surface area (Å²) in [6, 6.07) is 10.5. The molecule has 3 fully saturated rings. The smallest absolute Gasteiger partial charge is 0.225 e. The van der Waals surface area contributed by atoms with E-state index in [0.29, 0.717) is 12.5 Å². The zero-order valence-electron chi connectivity index (χ0n) is 18.9. The number of anilines is 1. The van der Waals surface area contributed by atoms with Gasteiger partial charge in [-0.05, 0) is 49.9 Å². The Hall–Kier alpha value is -2.47. The van der Waals surface area contributed by atoms with Crippen LogP contribution >= 0.6 is 0 Å². The van der Waals surface area contributed by atoms with Gasteiger partial charge in [0.2, 0.25) is 5.91 Å². The molecule has 6 heteroatoms. The molecule has 1 N–H and O–H groups in total. The highest BCUT2D eigenvalue weighted by atomic mass is 16.5. The van der Waals surface area contributed by atoms with Crippen LogP contribution in [0.25, 0.3) is 5.69 Å². The number of aromatic nitrogens is 1. The second-order valence-corrected chi connectivity index (χ2v) is 10.2. The van der Waals surface area contributed by atoms with Crippen LogP contribution in [0.4, 0.5) is 5.69 Å². The van der Waals surface area contributed by atoms with Gasteiger partial charge in [-0.25, -0.2) is 0 Å². The van der Waals surface area contributed by atoms with Gasteiger partial charge in [0, 0.05) is 37.7 Å². The zero-order chi connectivity index (χ0) is 21.8. The minimum absolute atomic E-state index is 0.165. The third-order valence-electron chi connectivity index (χ3n) is 8.27. The highest BCUT2D eigenvalue weighted by molar-refractivity contribution is 5.79.